The first-order chi connectivity index (χ1) is 10.2. The number of hydrogen-bond donors (Lipinski definition) is 1. The van der Waals surface area contributed by atoms with Gasteiger partial charge in [-0.3, -0.25) is 4.79 Å². The normalized spacial score (nSPS) is 41.4. The summed E-state index contributed by atoms with van der Waals surface area (Å²) in [5.74, 6) is 0.179. The number of carbonyl (C=O) groups is 1. The second-order valence-corrected chi connectivity index (χ2v) is 6.42. The highest BCUT2D eigenvalue weighted by atomic mass is 16.6. The fraction of sp³-hybridized carbons (Fsp3) is 0.938. The van der Waals surface area contributed by atoms with E-state index in [0.717, 1.165) is 38.7 Å². The molecule has 0 radical (unpaired) electrons. The van der Waals surface area contributed by atoms with Crippen molar-refractivity contribution in [3.63, 3.8) is 0 Å². The van der Waals surface area contributed by atoms with Gasteiger partial charge in [-0.15, -0.1) is 0 Å². The fourth-order valence-electron chi connectivity index (χ4n) is 3.61. The van der Waals surface area contributed by atoms with Gasteiger partial charge in [-0.05, 0) is 44.9 Å². The maximum absolute atomic E-state index is 12.2. The Morgan fingerprint density at radius 1 is 1.00 bits per heavy atom. The average Bonchev–Trinajstić information content (AvgIpc) is 2.66. The largest absolute Gasteiger partial charge is 0.390 e. The molecule has 5 nitrogen and oxygen atoms in total. The number of hydrogen-bond acceptors (Lipinski definition) is 5. The second-order valence-electron chi connectivity index (χ2n) is 6.42. The molecule has 0 aromatic rings. The lowest BCUT2D eigenvalue weighted by Gasteiger charge is -2.32. The molecule has 3 heterocycles. The summed E-state index contributed by atoms with van der Waals surface area (Å²) in [5, 5.41) is 9.94. The zero-order valence-electron chi connectivity index (χ0n) is 12.5. The molecule has 0 amide bonds. The van der Waals surface area contributed by atoms with Crippen molar-refractivity contribution in [2.24, 2.45) is 0 Å². The van der Waals surface area contributed by atoms with Crippen LogP contribution in [0.4, 0.5) is 0 Å². The minimum Gasteiger partial charge on any atom is -0.390 e. The van der Waals surface area contributed by atoms with E-state index in [9.17, 15) is 9.90 Å². The van der Waals surface area contributed by atoms with Gasteiger partial charge in [0, 0.05) is 19.6 Å². The standard InChI is InChI=1S/C16H26O5/c17-11-3-1-9-19-13(11)7-8-14-12(18)5-6-15-16(21-14)4-2-10-20-15/h11,13-17H,1-10H2/t11-,13+,14-,15-,16+/m0/s1. The van der Waals surface area contributed by atoms with E-state index < -0.39 is 6.10 Å². The van der Waals surface area contributed by atoms with Gasteiger partial charge in [-0.2, -0.15) is 0 Å². The van der Waals surface area contributed by atoms with Gasteiger partial charge in [0.2, 0.25) is 0 Å². The van der Waals surface area contributed by atoms with Gasteiger partial charge in [-0.25, -0.2) is 0 Å². The Hall–Kier alpha value is -0.490. The number of fused-ring (bicyclic) bond motifs is 1. The Balaban J connectivity index is 1.54. The van der Waals surface area contributed by atoms with Crippen molar-refractivity contribution in [1.29, 1.82) is 0 Å². The first-order valence-electron chi connectivity index (χ1n) is 8.33. The number of ketones is 1. The molecule has 5 atom stereocenters. The van der Waals surface area contributed by atoms with Crippen molar-refractivity contribution in [2.75, 3.05) is 13.2 Å². The third kappa shape index (κ3) is 3.83. The molecule has 0 unspecified atom stereocenters. The first-order valence-corrected chi connectivity index (χ1v) is 8.33. The smallest absolute Gasteiger partial charge is 0.161 e. The van der Waals surface area contributed by atoms with E-state index in [2.05, 4.69) is 0 Å². The van der Waals surface area contributed by atoms with Crippen LogP contribution in [0.15, 0.2) is 0 Å². The molecule has 3 saturated heterocycles. The predicted molar refractivity (Wildman–Crippen MR) is 76.1 cm³/mol. The first kappa shape index (κ1) is 15.4. The molecule has 0 aromatic heterocycles. The van der Waals surface area contributed by atoms with Crippen LogP contribution in [0.2, 0.25) is 0 Å². The maximum atomic E-state index is 12.2. The van der Waals surface area contributed by atoms with Gasteiger partial charge in [0.05, 0.1) is 24.4 Å². The van der Waals surface area contributed by atoms with Crippen LogP contribution in [0, 0.1) is 0 Å². The van der Waals surface area contributed by atoms with E-state index in [-0.39, 0.29) is 30.2 Å². The van der Waals surface area contributed by atoms with Gasteiger partial charge in [0.15, 0.2) is 5.78 Å². The number of carbonyl (C=O) groups excluding carboxylic acids is 1. The molecule has 0 spiro atoms. The predicted octanol–water partition coefficient (Wildman–Crippen LogP) is 1.60. The van der Waals surface area contributed by atoms with Crippen molar-refractivity contribution in [3.05, 3.63) is 0 Å². The van der Waals surface area contributed by atoms with Gasteiger partial charge in [-0.1, -0.05) is 0 Å². The van der Waals surface area contributed by atoms with Crippen molar-refractivity contribution in [3.8, 4) is 0 Å². The van der Waals surface area contributed by atoms with Crippen molar-refractivity contribution >= 4 is 5.78 Å². The summed E-state index contributed by atoms with van der Waals surface area (Å²) in [6.07, 6.45) is 5.62. The highest BCUT2D eigenvalue weighted by Crippen LogP contribution is 2.29. The lowest BCUT2D eigenvalue weighted by atomic mass is 9.97. The molecule has 120 valence electrons. The average molecular weight is 298 g/mol. The number of aliphatic hydroxyl groups is 1. The lowest BCUT2D eigenvalue weighted by Crippen LogP contribution is -2.39. The minimum atomic E-state index is -0.398. The third-order valence-electron chi connectivity index (χ3n) is 4.87. The van der Waals surface area contributed by atoms with Gasteiger partial charge in [0.25, 0.3) is 0 Å². The third-order valence-corrected chi connectivity index (χ3v) is 4.87. The molecule has 0 aromatic carbocycles. The van der Waals surface area contributed by atoms with Crippen LogP contribution in [-0.4, -0.2) is 54.6 Å². The number of ether oxygens (including phenoxy) is 3. The van der Waals surface area contributed by atoms with Crippen LogP contribution >= 0.6 is 0 Å². The van der Waals surface area contributed by atoms with Crippen molar-refractivity contribution in [2.45, 2.75) is 81.9 Å². The number of Topliss-reactive ketones (excluding diaryl/α,β-unsaturated/α-hetero) is 1. The van der Waals surface area contributed by atoms with Crippen LogP contribution in [-0.2, 0) is 19.0 Å². The highest BCUT2D eigenvalue weighted by Gasteiger charge is 2.36. The van der Waals surface area contributed by atoms with E-state index >= 15 is 0 Å². The molecule has 0 bridgehead atoms. The molecule has 0 aliphatic carbocycles. The molecular weight excluding hydrogens is 272 g/mol. The molecule has 3 aliphatic heterocycles. The molecule has 5 heteroatoms. The molecule has 3 aliphatic rings. The summed E-state index contributed by atoms with van der Waals surface area (Å²) in [4.78, 5) is 12.2. The van der Waals surface area contributed by atoms with Crippen molar-refractivity contribution < 1.29 is 24.1 Å². The molecule has 21 heavy (non-hydrogen) atoms. The van der Waals surface area contributed by atoms with Crippen molar-refractivity contribution in [1.82, 2.24) is 0 Å². The Labute approximate surface area is 125 Å². The Morgan fingerprint density at radius 3 is 2.67 bits per heavy atom. The maximum Gasteiger partial charge on any atom is 0.161 e. The Bertz CT molecular complexity index is 359. The summed E-state index contributed by atoms with van der Waals surface area (Å²) in [6.45, 7) is 1.49. The summed E-state index contributed by atoms with van der Waals surface area (Å²) in [6, 6.07) is 0. The van der Waals surface area contributed by atoms with Gasteiger partial charge in [0.1, 0.15) is 6.10 Å². The molecular formula is C16H26O5. The molecule has 3 fully saturated rings. The van der Waals surface area contributed by atoms with Crippen LogP contribution in [0.25, 0.3) is 0 Å². The summed E-state index contributed by atoms with van der Waals surface area (Å²) < 4.78 is 17.4. The molecule has 1 N–H and O–H groups in total. The highest BCUT2D eigenvalue weighted by molar-refractivity contribution is 5.83. The second kappa shape index (κ2) is 7.18. The van der Waals surface area contributed by atoms with Crippen LogP contribution in [0.5, 0.6) is 0 Å². The summed E-state index contributed by atoms with van der Waals surface area (Å²) in [7, 11) is 0. The zero-order chi connectivity index (χ0) is 14.7. The summed E-state index contributed by atoms with van der Waals surface area (Å²) in [5.41, 5.74) is 0. The van der Waals surface area contributed by atoms with Crippen LogP contribution in [0.1, 0.15) is 51.4 Å². The van der Waals surface area contributed by atoms with Gasteiger partial charge >= 0.3 is 0 Å². The number of rotatable bonds is 3. The molecule has 3 rings (SSSR count). The lowest BCUT2D eigenvalue weighted by molar-refractivity contribution is -0.146. The topological polar surface area (TPSA) is 65.0 Å². The fourth-order valence-corrected chi connectivity index (χ4v) is 3.61. The summed E-state index contributed by atoms with van der Waals surface area (Å²) >= 11 is 0. The van der Waals surface area contributed by atoms with E-state index in [1.165, 1.54) is 0 Å². The SMILES string of the molecule is O=C1CC[C@@H]2OCCC[C@H]2O[C@H]1CC[C@H]1OCCC[C@@H]1O. The Morgan fingerprint density at radius 2 is 1.81 bits per heavy atom. The Kier molecular flexibility index (Phi) is 5.27. The van der Waals surface area contributed by atoms with E-state index in [0.29, 0.717) is 25.9 Å². The quantitative estimate of drug-likeness (QED) is 0.857. The zero-order valence-corrected chi connectivity index (χ0v) is 12.5. The molecule has 0 saturated carbocycles. The van der Waals surface area contributed by atoms with E-state index in [1.54, 1.807) is 0 Å². The monoisotopic (exact) mass is 298 g/mol. The van der Waals surface area contributed by atoms with Gasteiger partial charge < -0.3 is 19.3 Å². The number of aliphatic hydroxyl groups excluding tert-OH is 1. The van der Waals surface area contributed by atoms with Crippen LogP contribution < -0.4 is 0 Å². The van der Waals surface area contributed by atoms with E-state index in [1.807, 2.05) is 0 Å². The van der Waals surface area contributed by atoms with Crippen LogP contribution in [0.3, 0.4) is 0 Å². The van der Waals surface area contributed by atoms with E-state index in [4.69, 9.17) is 14.2 Å². The minimum absolute atomic E-state index is 0.0624.